The number of aromatic nitrogens is 2. The van der Waals surface area contributed by atoms with Gasteiger partial charge in [-0.1, -0.05) is 6.92 Å². The second-order valence-corrected chi connectivity index (χ2v) is 5.44. The number of methoxy groups -OCH3 is 1. The number of ether oxygens (including phenoxy) is 1. The van der Waals surface area contributed by atoms with Crippen molar-refractivity contribution in [3.63, 3.8) is 0 Å². The summed E-state index contributed by atoms with van der Waals surface area (Å²) in [5.74, 6) is 1.31. The molecule has 0 aliphatic carbocycles. The Hall–Kier alpha value is -1.56. The fourth-order valence-corrected chi connectivity index (χ4v) is 2.13. The number of rotatable bonds is 8. The fraction of sp³-hybridized carbons (Fsp3) is 0.733. The van der Waals surface area contributed by atoms with Gasteiger partial charge < -0.3 is 15.4 Å². The van der Waals surface area contributed by atoms with Crippen LogP contribution in [0.25, 0.3) is 0 Å². The van der Waals surface area contributed by atoms with E-state index in [9.17, 15) is 0 Å². The topological polar surface area (TPSA) is 63.5 Å². The first kappa shape index (κ1) is 17.5. The SMILES string of the molecule is CN=C(NCCCOC)NCC(C)Cn1nc(C)cc1C. The third-order valence-electron chi connectivity index (χ3n) is 3.25. The molecular weight excluding hydrogens is 266 g/mol. The van der Waals surface area contributed by atoms with Crippen LogP contribution in [0.15, 0.2) is 11.1 Å². The van der Waals surface area contributed by atoms with Gasteiger partial charge in [0.25, 0.3) is 0 Å². The van der Waals surface area contributed by atoms with Crippen LogP contribution in [0.4, 0.5) is 0 Å². The normalized spacial score (nSPS) is 13.3. The first-order valence-electron chi connectivity index (χ1n) is 7.51. The summed E-state index contributed by atoms with van der Waals surface area (Å²) in [6, 6.07) is 2.11. The number of aryl methyl sites for hydroxylation is 2. The molecule has 0 spiro atoms. The first-order chi connectivity index (χ1) is 10.1. The summed E-state index contributed by atoms with van der Waals surface area (Å²) in [6.45, 7) is 9.73. The van der Waals surface area contributed by atoms with Crippen LogP contribution in [-0.2, 0) is 11.3 Å². The minimum absolute atomic E-state index is 0.473. The molecule has 21 heavy (non-hydrogen) atoms. The maximum absolute atomic E-state index is 5.03. The molecule has 0 saturated carbocycles. The molecule has 6 heteroatoms. The minimum atomic E-state index is 0.473. The quantitative estimate of drug-likeness (QED) is 0.431. The Morgan fingerprint density at radius 3 is 2.76 bits per heavy atom. The van der Waals surface area contributed by atoms with Crippen LogP contribution >= 0.6 is 0 Å². The zero-order valence-corrected chi connectivity index (χ0v) is 13.9. The highest BCUT2D eigenvalue weighted by atomic mass is 16.5. The summed E-state index contributed by atoms with van der Waals surface area (Å²) in [6.07, 6.45) is 0.971. The average molecular weight is 295 g/mol. The van der Waals surface area contributed by atoms with Crippen molar-refractivity contribution in [2.24, 2.45) is 10.9 Å². The fourth-order valence-electron chi connectivity index (χ4n) is 2.13. The Kier molecular flexibility index (Phi) is 7.82. The summed E-state index contributed by atoms with van der Waals surface area (Å²) < 4.78 is 7.09. The number of hydrogen-bond donors (Lipinski definition) is 2. The lowest BCUT2D eigenvalue weighted by Gasteiger charge is -2.16. The van der Waals surface area contributed by atoms with Crippen LogP contribution < -0.4 is 10.6 Å². The lowest BCUT2D eigenvalue weighted by atomic mass is 10.2. The van der Waals surface area contributed by atoms with Crippen molar-refractivity contribution < 1.29 is 4.74 Å². The molecule has 1 atom stereocenters. The molecule has 0 amide bonds. The predicted octanol–water partition coefficient (Wildman–Crippen LogP) is 1.34. The van der Waals surface area contributed by atoms with E-state index in [1.807, 2.05) is 6.92 Å². The molecule has 0 radical (unpaired) electrons. The Morgan fingerprint density at radius 1 is 1.43 bits per heavy atom. The second-order valence-electron chi connectivity index (χ2n) is 5.44. The van der Waals surface area contributed by atoms with E-state index in [0.29, 0.717) is 5.92 Å². The number of nitrogens with one attached hydrogen (secondary N) is 2. The van der Waals surface area contributed by atoms with Crippen molar-refractivity contribution in [1.82, 2.24) is 20.4 Å². The highest BCUT2D eigenvalue weighted by Crippen LogP contribution is 2.05. The van der Waals surface area contributed by atoms with Gasteiger partial charge in [0.15, 0.2) is 5.96 Å². The van der Waals surface area contributed by atoms with Crippen molar-refractivity contribution in [1.29, 1.82) is 0 Å². The molecule has 0 aliphatic rings. The maximum atomic E-state index is 5.03. The summed E-state index contributed by atoms with van der Waals surface area (Å²) in [5, 5.41) is 11.1. The van der Waals surface area contributed by atoms with Crippen molar-refractivity contribution in [3.8, 4) is 0 Å². The monoisotopic (exact) mass is 295 g/mol. The van der Waals surface area contributed by atoms with E-state index in [1.54, 1.807) is 14.2 Å². The summed E-state index contributed by atoms with van der Waals surface area (Å²) >= 11 is 0. The third-order valence-corrected chi connectivity index (χ3v) is 3.25. The third kappa shape index (κ3) is 6.62. The van der Waals surface area contributed by atoms with Crippen LogP contribution in [0, 0.1) is 19.8 Å². The molecule has 120 valence electrons. The number of nitrogens with zero attached hydrogens (tertiary/aromatic N) is 3. The Labute approximate surface area is 128 Å². The maximum Gasteiger partial charge on any atom is 0.190 e. The van der Waals surface area contributed by atoms with Crippen molar-refractivity contribution in [2.45, 2.75) is 33.7 Å². The van der Waals surface area contributed by atoms with Gasteiger partial charge in [-0.05, 0) is 32.3 Å². The lowest BCUT2D eigenvalue weighted by Crippen LogP contribution is -2.40. The molecule has 0 saturated heterocycles. The Bertz CT molecular complexity index is 441. The van der Waals surface area contributed by atoms with Crippen LogP contribution in [0.5, 0.6) is 0 Å². The van der Waals surface area contributed by atoms with E-state index < -0.39 is 0 Å². The molecule has 0 bridgehead atoms. The first-order valence-corrected chi connectivity index (χ1v) is 7.51. The van der Waals surface area contributed by atoms with Crippen molar-refractivity contribution >= 4 is 5.96 Å². The number of guanidine groups is 1. The van der Waals surface area contributed by atoms with E-state index in [-0.39, 0.29) is 0 Å². The van der Waals surface area contributed by atoms with Gasteiger partial charge in [0.2, 0.25) is 0 Å². The minimum Gasteiger partial charge on any atom is -0.385 e. The largest absolute Gasteiger partial charge is 0.385 e. The van der Waals surface area contributed by atoms with Gasteiger partial charge in [0.05, 0.1) is 5.69 Å². The molecular formula is C15H29N5O. The molecule has 0 aromatic carbocycles. The molecule has 2 N–H and O–H groups in total. The average Bonchev–Trinajstić information content (AvgIpc) is 2.76. The van der Waals surface area contributed by atoms with E-state index in [0.717, 1.165) is 44.3 Å². The van der Waals surface area contributed by atoms with Crippen molar-refractivity contribution in [3.05, 3.63) is 17.5 Å². The molecule has 1 aromatic heterocycles. The van der Waals surface area contributed by atoms with Gasteiger partial charge in [-0.3, -0.25) is 9.67 Å². The van der Waals surface area contributed by atoms with Crippen LogP contribution in [0.1, 0.15) is 24.7 Å². The van der Waals surface area contributed by atoms with Gasteiger partial charge in [0, 0.05) is 46.1 Å². The molecule has 1 rings (SSSR count). The Balaban J connectivity index is 2.30. The van der Waals surface area contributed by atoms with Crippen molar-refractivity contribution in [2.75, 3.05) is 33.9 Å². The highest BCUT2D eigenvalue weighted by molar-refractivity contribution is 5.79. The number of hydrogen-bond acceptors (Lipinski definition) is 3. The summed E-state index contributed by atoms with van der Waals surface area (Å²) in [4.78, 5) is 4.22. The smallest absolute Gasteiger partial charge is 0.190 e. The van der Waals surface area contributed by atoms with Gasteiger partial charge in [0.1, 0.15) is 0 Å². The van der Waals surface area contributed by atoms with E-state index in [1.165, 1.54) is 5.69 Å². The molecule has 0 aliphatic heterocycles. The Morgan fingerprint density at radius 2 is 2.19 bits per heavy atom. The van der Waals surface area contributed by atoms with Gasteiger partial charge in [-0.2, -0.15) is 5.10 Å². The van der Waals surface area contributed by atoms with E-state index in [2.05, 4.69) is 45.3 Å². The second kappa shape index (κ2) is 9.39. The van der Waals surface area contributed by atoms with Crippen LogP contribution in [0.2, 0.25) is 0 Å². The van der Waals surface area contributed by atoms with Gasteiger partial charge in [-0.25, -0.2) is 0 Å². The zero-order chi connectivity index (χ0) is 15.7. The predicted molar refractivity (Wildman–Crippen MR) is 86.7 cm³/mol. The van der Waals surface area contributed by atoms with Gasteiger partial charge in [-0.15, -0.1) is 0 Å². The molecule has 1 unspecified atom stereocenters. The lowest BCUT2D eigenvalue weighted by molar-refractivity contribution is 0.195. The van der Waals surface area contributed by atoms with Crippen LogP contribution in [0.3, 0.4) is 0 Å². The summed E-state index contributed by atoms with van der Waals surface area (Å²) in [5.41, 5.74) is 2.28. The molecule has 1 heterocycles. The van der Waals surface area contributed by atoms with Crippen LogP contribution in [-0.4, -0.2) is 49.6 Å². The van der Waals surface area contributed by atoms with E-state index >= 15 is 0 Å². The molecule has 0 fully saturated rings. The zero-order valence-electron chi connectivity index (χ0n) is 13.9. The molecule has 6 nitrogen and oxygen atoms in total. The van der Waals surface area contributed by atoms with Gasteiger partial charge >= 0.3 is 0 Å². The molecule has 1 aromatic rings. The number of aliphatic imine (C=N–C) groups is 1. The highest BCUT2D eigenvalue weighted by Gasteiger charge is 2.08. The summed E-state index contributed by atoms with van der Waals surface area (Å²) in [7, 11) is 3.51. The van der Waals surface area contributed by atoms with E-state index in [4.69, 9.17) is 4.74 Å². The standard InChI is InChI=1S/C15H29N5O/c1-12(11-20-14(3)9-13(2)19-20)10-18-15(16-4)17-7-6-8-21-5/h9,12H,6-8,10-11H2,1-5H3,(H2,16,17,18).